The van der Waals surface area contributed by atoms with Crippen LogP contribution in [0.3, 0.4) is 0 Å². The van der Waals surface area contributed by atoms with Crippen LogP contribution in [0.5, 0.6) is 5.75 Å². The number of nitrogens with zero attached hydrogens (tertiary/aromatic N) is 6. The van der Waals surface area contributed by atoms with Crippen molar-refractivity contribution in [3.05, 3.63) is 53.7 Å². The highest BCUT2D eigenvalue weighted by atomic mass is 16.6. The highest BCUT2D eigenvalue weighted by molar-refractivity contribution is 5.79. The number of carbonyl (C=O) groups excluding carboxylic acids is 3. The van der Waals surface area contributed by atoms with Crippen LogP contribution in [-0.2, 0) is 43.4 Å². The maximum atomic E-state index is 13.1. The van der Waals surface area contributed by atoms with Gasteiger partial charge in [0, 0.05) is 19.0 Å². The fourth-order valence-corrected chi connectivity index (χ4v) is 5.91. The van der Waals surface area contributed by atoms with E-state index in [2.05, 4.69) is 41.5 Å². The van der Waals surface area contributed by atoms with Gasteiger partial charge in [-0.25, -0.2) is 19.4 Å². The first-order valence-corrected chi connectivity index (χ1v) is 16.8. The lowest BCUT2D eigenvalue weighted by Gasteiger charge is -2.37. The van der Waals surface area contributed by atoms with Crippen LogP contribution in [-0.4, -0.2) is 71.5 Å². The number of ether oxygens (including phenoxy) is 3. The van der Waals surface area contributed by atoms with E-state index in [-0.39, 0.29) is 36.5 Å². The molecule has 3 aromatic heterocycles. The molecule has 4 heterocycles. The fraction of sp³-hybridized carbons (Fsp3) is 0.486. The number of anilines is 1. The molecule has 1 amide bonds. The highest BCUT2D eigenvalue weighted by Gasteiger charge is 2.43. The molecular formula is C35H43N9O6. The molecule has 264 valence electrons. The second kappa shape index (κ2) is 17.2. The Bertz CT molecular complexity index is 1780. The fourth-order valence-electron chi connectivity index (χ4n) is 5.91. The summed E-state index contributed by atoms with van der Waals surface area (Å²) in [5.74, 6) is 2.55. The van der Waals surface area contributed by atoms with Gasteiger partial charge in [0.25, 0.3) is 0 Å². The first-order valence-electron chi connectivity index (χ1n) is 16.8. The smallest absolute Gasteiger partial charge is 0.328 e. The summed E-state index contributed by atoms with van der Waals surface area (Å²) in [7, 11) is 0. The van der Waals surface area contributed by atoms with Gasteiger partial charge in [0.2, 0.25) is 12.4 Å². The Balaban J connectivity index is 1.17. The molecule has 5 rings (SSSR count). The van der Waals surface area contributed by atoms with Crippen molar-refractivity contribution in [1.29, 1.82) is 0 Å². The molecule has 0 saturated carbocycles. The normalized spacial score (nSPS) is 16.6. The van der Waals surface area contributed by atoms with E-state index in [0.717, 1.165) is 24.1 Å². The van der Waals surface area contributed by atoms with Crippen LogP contribution in [0.1, 0.15) is 75.7 Å². The van der Waals surface area contributed by atoms with Crippen LogP contribution in [0.25, 0.3) is 11.2 Å². The van der Waals surface area contributed by atoms with Gasteiger partial charge in [-0.15, -0.1) is 17.4 Å². The Morgan fingerprint density at radius 1 is 1.24 bits per heavy atom. The predicted octanol–water partition coefficient (Wildman–Crippen LogP) is 3.28. The number of H-pyrrole nitrogens is 1. The van der Waals surface area contributed by atoms with Gasteiger partial charge in [0.15, 0.2) is 5.65 Å². The zero-order valence-electron chi connectivity index (χ0n) is 28.3. The Kier molecular flexibility index (Phi) is 12.3. The van der Waals surface area contributed by atoms with E-state index in [0.29, 0.717) is 74.1 Å². The van der Waals surface area contributed by atoms with Gasteiger partial charge < -0.3 is 30.2 Å². The van der Waals surface area contributed by atoms with Crippen molar-refractivity contribution < 1.29 is 28.6 Å². The van der Waals surface area contributed by atoms with Crippen molar-refractivity contribution in [1.82, 2.24) is 40.2 Å². The minimum Gasteiger partial charge on any atom is -0.487 e. The van der Waals surface area contributed by atoms with E-state index in [1.807, 2.05) is 44.3 Å². The van der Waals surface area contributed by atoms with E-state index in [1.54, 1.807) is 4.68 Å². The number of rotatable bonds is 20. The number of hydrogen-bond acceptors (Lipinski definition) is 12. The number of unbranched alkanes of at least 4 members (excludes halogenated alkanes) is 2. The van der Waals surface area contributed by atoms with Gasteiger partial charge in [-0.3, -0.25) is 9.59 Å². The first-order chi connectivity index (χ1) is 24.2. The van der Waals surface area contributed by atoms with Crippen molar-refractivity contribution in [3.63, 3.8) is 0 Å². The van der Waals surface area contributed by atoms with Crippen LogP contribution in [0, 0.1) is 24.2 Å². The Morgan fingerprint density at radius 2 is 2.06 bits per heavy atom. The van der Waals surface area contributed by atoms with Gasteiger partial charge in [-0.1, -0.05) is 37.6 Å². The third kappa shape index (κ3) is 9.77. The molecule has 4 aromatic rings. The van der Waals surface area contributed by atoms with Crippen LogP contribution in [0.2, 0.25) is 0 Å². The number of esters is 2. The summed E-state index contributed by atoms with van der Waals surface area (Å²) < 4.78 is 19.1. The predicted molar refractivity (Wildman–Crippen MR) is 182 cm³/mol. The number of amides is 1. The molecule has 15 nitrogen and oxygen atoms in total. The molecule has 15 heteroatoms. The van der Waals surface area contributed by atoms with Gasteiger partial charge in [-0.2, -0.15) is 4.98 Å². The maximum absolute atomic E-state index is 13.1. The lowest BCUT2D eigenvalue weighted by molar-refractivity contribution is -0.190. The molecule has 1 aliphatic heterocycles. The summed E-state index contributed by atoms with van der Waals surface area (Å²) in [5, 5.41) is 11.2. The number of nitrogens with two attached hydrogens (primary N) is 1. The molecule has 1 saturated heterocycles. The van der Waals surface area contributed by atoms with Gasteiger partial charge in [0.05, 0.1) is 24.5 Å². The van der Waals surface area contributed by atoms with E-state index in [1.165, 1.54) is 6.33 Å². The van der Waals surface area contributed by atoms with E-state index < -0.39 is 18.1 Å². The zero-order chi connectivity index (χ0) is 35.5. The summed E-state index contributed by atoms with van der Waals surface area (Å²) in [6.45, 7) is 4.60. The first kappa shape index (κ1) is 35.8. The SMILES string of the molecule is C#CCCCC[C@@H]1C(=O)O[C@H]1C[C@H](CCc1cn(Cc2ccc(OCc3nc(N)nc4nc[nH]c34)cc2)nn1)OC(=O)[C@H](CC(C)C)NC=O. The standard InChI is InChI=1S/C35H43N9O6/c1-4-5-6-7-8-27-30(50-33(27)46)16-26(49-34(47)28(39-21-45)15-22(2)3)14-11-24-18-44(43-42-24)17-23-9-12-25(13-10-23)48-19-29-31-32(38-20-37-31)41-35(36)40-29/h1,9-10,12-13,18,20-22,26-28,30H,5-8,11,14-17,19H2,2-3H3,(H,39,45)(H3,36,37,38,40,41)/t26-,27-,28-,30-/m0/s1. The minimum atomic E-state index is -0.769. The van der Waals surface area contributed by atoms with Gasteiger partial charge in [-0.05, 0) is 55.7 Å². The number of nitrogens with one attached hydrogen (secondary N) is 2. The molecule has 1 aliphatic rings. The largest absolute Gasteiger partial charge is 0.487 e. The van der Waals surface area contributed by atoms with Crippen LogP contribution in [0.15, 0.2) is 36.8 Å². The summed E-state index contributed by atoms with van der Waals surface area (Å²) >= 11 is 0. The number of aromatic nitrogens is 7. The average Bonchev–Trinajstić information content (AvgIpc) is 3.75. The molecule has 4 atom stereocenters. The van der Waals surface area contributed by atoms with Crippen molar-refractivity contribution in [2.45, 2.75) is 96.6 Å². The number of terminal acetylenes is 1. The van der Waals surface area contributed by atoms with E-state index in [9.17, 15) is 14.4 Å². The number of imidazole rings is 1. The van der Waals surface area contributed by atoms with Gasteiger partial charge in [0.1, 0.15) is 41.8 Å². The summed E-state index contributed by atoms with van der Waals surface area (Å²) in [4.78, 5) is 52.1. The Hall–Kier alpha value is -5.52. The van der Waals surface area contributed by atoms with E-state index in [4.69, 9.17) is 26.4 Å². The van der Waals surface area contributed by atoms with Crippen molar-refractivity contribution in [2.24, 2.45) is 11.8 Å². The summed E-state index contributed by atoms with van der Waals surface area (Å²) in [5.41, 5.74) is 9.28. The zero-order valence-corrected chi connectivity index (χ0v) is 28.3. The third-order valence-corrected chi connectivity index (χ3v) is 8.47. The lowest BCUT2D eigenvalue weighted by atomic mass is 9.86. The number of fused-ring (bicyclic) bond motifs is 1. The monoisotopic (exact) mass is 685 g/mol. The second-order valence-corrected chi connectivity index (χ2v) is 12.8. The number of aryl methyl sites for hydroxylation is 1. The topological polar surface area (TPSA) is 202 Å². The van der Waals surface area contributed by atoms with Crippen LogP contribution >= 0.6 is 0 Å². The summed E-state index contributed by atoms with van der Waals surface area (Å²) in [6, 6.07) is 6.84. The lowest BCUT2D eigenvalue weighted by Crippen LogP contribution is -2.48. The third-order valence-electron chi connectivity index (χ3n) is 8.47. The molecular weight excluding hydrogens is 642 g/mol. The van der Waals surface area contributed by atoms with Crippen molar-refractivity contribution in [3.8, 4) is 18.1 Å². The number of benzene rings is 1. The molecule has 0 spiro atoms. The number of cyclic esters (lactones) is 1. The highest BCUT2D eigenvalue weighted by Crippen LogP contribution is 2.32. The van der Waals surface area contributed by atoms with Gasteiger partial charge >= 0.3 is 11.9 Å². The molecule has 4 N–H and O–H groups in total. The Labute approximate surface area is 290 Å². The van der Waals surface area contributed by atoms with Crippen molar-refractivity contribution >= 4 is 35.5 Å². The molecule has 0 unspecified atom stereocenters. The van der Waals surface area contributed by atoms with Crippen LogP contribution < -0.4 is 15.8 Å². The molecule has 1 aromatic carbocycles. The minimum absolute atomic E-state index is 0.129. The number of nitrogen functional groups attached to an aromatic ring is 1. The average molecular weight is 686 g/mol. The molecule has 0 bridgehead atoms. The molecule has 1 fully saturated rings. The molecule has 0 radical (unpaired) electrons. The quantitative estimate of drug-likeness (QED) is 0.0531. The second-order valence-electron chi connectivity index (χ2n) is 12.8. The number of aromatic amines is 1. The number of carbonyl (C=O) groups is 3. The maximum Gasteiger partial charge on any atom is 0.328 e. The van der Waals surface area contributed by atoms with Crippen molar-refractivity contribution in [2.75, 3.05) is 5.73 Å². The molecule has 0 aliphatic carbocycles. The van der Waals surface area contributed by atoms with E-state index >= 15 is 0 Å². The summed E-state index contributed by atoms with van der Waals surface area (Å²) in [6.07, 6.45) is 13.0. The molecule has 50 heavy (non-hydrogen) atoms. The van der Waals surface area contributed by atoms with Crippen LogP contribution in [0.4, 0.5) is 5.95 Å². The Morgan fingerprint density at radius 3 is 2.80 bits per heavy atom. The number of hydrogen-bond donors (Lipinski definition) is 3.